The smallest absolute Gasteiger partial charge is 0.410 e. The van der Waals surface area contributed by atoms with E-state index in [1.807, 2.05) is 37.8 Å². The van der Waals surface area contributed by atoms with Gasteiger partial charge in [0.15, 0.2) is 0 Å². The minimum absolute atomic E-state index is 0.179. The van der Waals surface area contributed by atoms with Crippen LogP contribution in [0.15, 0.2) is 24.3 Å². The third-order valence-corrected chi connectivity index (χ3v) is 4.79. The molecule has 0 unspecified atom stereocenters. The van der Waals surface area contributed by atoms with E-state index in [1.165, 1.54) is 5.69 Å². The average molecular weight is 317 g/mol. The number of amides is 1. The average Bonchev–Trinajstić information content (AvgIpc) is 2.44. The van der Waals surface area contributed by atoms with Crippen molar-refractivity contribution in [2.75, 3.05) is 36.8 Å². The van der Waals surface area contributed by atoms with E-state index in [9.17, 15) is 4.79 Å². The SMILES string of the molecule is CC(C)(C)OC(=O)N1CCC2(CC1)CN(c1ccc(N)cc1)C2. The van der Waals surface area contributed by atoms with Gasteiger partial charge < -0.3 is 20.3 Å². The first kappa shape index (κ1) is 16.0. The fourth-order valence-corrected chi connectivity index (χ4v) is 3.44. The highest BCUT2D eigenvalue weighted by Crippen LogP contribution is 2.42. The Bertz CT molecular complexity index is 561. The summed E-state index contributed by atoms with van der Waals surface area (Å²) in [5.74, 6) is 0. The minimum Gasteiger partial charge on any atom is -0.444 e. The van der Waals surface area contributed by atoms with Gasteiger partial charge in [0.2, 0.25) is 0 Å². The first-order valence-corrected chi connectivity index (χ1v) is 8.35. The largest absolute Gasteiger partial charge is 0.444 e. The Kier molecular flexibility index (Phi) is 3.90. The number of nitrogens with zero attached hydrogens (tertiary/aromatic N) is 2. The van der Waals surface area contributed by atoms with Gasteiger partial charge >= 0.3 is 6.09 Å². The van der Waals surface area contributed by atoms with Crippen molar-refractivity contribution < 1.29 is 9.53 Å². The fraction of sp³-hybridized carbons (Fsp3) is 0.611. The van der Waals surface area contributed by atoms with Gasteiger partial charge in [-0.25, -0.2) is 4.79 Å². The molecular formula is C18H27N3O2. The Morgan fingerprint density at radius 2 is 1.70 bits per heavy atom. The van der Waals surface area contributed by atoms with Gasteiger partial charge in [-0.05, 0) is 57.9 Å². The van der Waals surface area contributed by atoms with Crippen molar-refractivity contribution in [3.63, 3.8) is 0 Å². The quantitative estimate of drug-likeness (QED) is 0.809. The summed E-state index contributed by atoms with van der Waals surface area (Å²) in [5.41, 5.74) is 7.72. The van der Waals surface area contributed by atoms with E-state index in [0.717, 1.165) is 44.7 Å². The van der Waals surface area contributed by atoms with Gasteiger partial charge in [0, 0.05) is 43.0 Å². The van der Waals surface area contributed by atoms with Crippen LogP contribution >= 0.6 is 0 Å². The lowest BCUT2D eigenvalue weighted by atomic mass is 9.72. The van der Waals surface area contributed by atoms with Crippen LogP contribution in [0.3, 0.4) is 0 Å². The van der Waals surface area contributed by atoms with E-state index in [-0.39, 0.29) is 6.09 Å². The molecule has 126 valence electrons. The van der Waals surface area contributed by atoms with Crippen LogP contribution in [-0.4, -0.2) is 42.8 Å². The topological polar surface area (TPSA) is 58.8 Å². The van der Waals surface area contributed by atoms with Gasteiger partial charge in [-0.1, -0.05) is 0 Å². The molecule has 1 spiro atoms. The molecule has 2 heterocycles. The van der Waals surface area contributed by atoms with Gasteiger partial charge in [0.25, 0.3) is 0 Å². The molecule has 0 radical (unpaired) electrons. The number of nitrogen functional groups attached to an aromatic ring is 1. The summed E-state index contributed by atoms with van der Waals surface area (Å²) in [6.45, 7) is 9.46. The Morgan fingerprint density at radius 3 is 2.22 bits per heavy atom. The van der Waals surface area contributed by atoms with E-state index in [2.05, 4.69) is 17.0 Å². The van der Waals surface area contributed by atoms with Crippen LogP contribution in [0.25, 0.3) is 0 Å². The Labute approximate surface area is 138 Å². The lowest BCUT2D eigenvalue weighted by molar-refractivity contribution is 0.00598. The van der Waals surface area contributed by atoms with Crippen molar-refractivity contribution in [2.24, 2.45) is 5.41 Å². The summed E-state index contributed by atoms with van der Waals surface area (Å²) in [6.07, 6.45) is 1.93. The number of nitrogens with two attached hydrogens (primary N) is 1. The highest BCUT2D eigenvalue weighted by Gasteiger charge is 2.45. The molecule has 0 aromatic heterocycles. The number of hydrogen-bond acceptors (Lipinski definition) is 4. The second kappa shape index (κ2) is 5.62. The predicted octanol–water partition coefficient (Wildman–Crippen LogP) is 3.11. The number of ether oxygens (including phenoxy) is 1. The Balaban J connectivity index is 1.50. The van der Waals surface area contributed by atoms with Crippen molar-refractivity contribution >= 4 is 17.5 Å². The summed E-state index contributed by atoms with van der Waals surface area (Å²) in [7, 11) is 0. The number of piperidine rings is 1. The molecule has 5 nitrogen and oxygen atoms in total. The van der Waals surface area contributed by atoms with Crippen LogP contribution in [-0.2, 0) is 4.74 Å². The molecule has 2 N–H and O–H groups in total. The zero-order valence-electron chi connectivity index (χ0n) is 14.3. The molecule has 0 aliphatic carbocycles. The molecule has 2 aliphatic heterocycles. The monoisotopic (exact) mass is 317 g/mol. The van der Waals surface area contributed by atoms with Crippen molar-refractivity contribution in [1.82, 2.24) is 4.90 Å². The van der Waals surface area contributed by atoms with Crippen LogP contribution in [0.5, 0.6) is 0 Å². The number of carbonyl (C=O) groups excluding carboxylic acids is 1. The number of hydrogen-bond donors (Lipinski definition) is 1. The van der Waals surface area contributed by atoms with Gasteiger partial charge in [-0.2, -0.15) is 0 Å². The van der Waals surface area contributed by atoms with E-state index < -0.39 is 5.60 Å². The molecule has 0 saturated carbocycles. The summed E-state index contributed by atoms with van der Waals surface area (Å²) in [6, 6.07) is 8.06. The van der Waals surface area contributed by atoms with E-state index in [1.54, 1.807) is 0 Å². The van der Waals surface area contributed by atoms with Crippen molar-refractivity contribution in [1.29, 1.82) is 0 Å². The molecule has 3 rings (SSSR count). The maximum Gasteiger partial charge on any atom is 0.410 e. The van der Waals surface area contributed by atoms with Crippen LogP contribution in [0.1, 0.15) is 33.6 Å². The molecule has 2 saturated heterocycles. The zero-order valence-corrected chi connectivity index (χ0v) is 14.3. The summed E-state index contributed by atoms with van der Waals surface area (Å²) in [5, 5.41) is 0. The summed E-state index contributed by atoms with van der Waals surface area (Å²) >= 11 is 0. The van der Waals surface area contributed by atoms with E-state index in [4.69, 9.17) is 10.5 Å². The van der Waals surface area contributed by atoms with Gasteiger partial charge in [0.1, 0.15) is 5.60 Å². The third-order valence-electron chi connectivity index (χ3n) is 4.79. The number of rotatable bonds is 1. The molecule has 0 atom stereocenters. The number of anilines is 2. The third kappa shape index (κ3) is 3.54. The van der Waals surface area contributed by atoms with Crippen LogP contribution in [0.4, 0.5) is 16.2 Å². The van der Waals surface area contributed by atoms with Crippen molar-refractivity contribution in [3.8, 4) is 0 Å². The molecule has 1 amide bonds. The lowest BCUT2D eigenvalue weighted by Crippen LogP contribution is -2.61. The number of likely N-dealkylation sites (tertiary alicyclic amines) is 1. The highest BCUT2D eigenvalue weighted by molar-refractivity contribution is 5.68. The standard InChI is InChI=1S/C18H27N3O2/c1-17(2,3)23-16(22)20-10-8-18(9-11-20)12-21(13-18)15-6-4-14(19)5-7-15/h4-7H,8-13,19H2,1-3H3. The van der Waals surface area contributed by atoms with E-state index in [0.29, 0.717) is 5.41 Å². The molecule has 23 heavy (non-hydrogen) atoms. The summed E-state index contributed by atoms with van der Waals surface area (Å²) < 4.78 is 5.46. The van der Waals surface area contributed by atoms with Crippen LogP contribution in [0.2, 0.25) is 0 Å². The van der Waals surface area contributed by atoms with Gasteiger partial charge in [0.05, 0.1) is 0 Å². The molecule has 1 aromatic rings. The molecular weight excluding hydrogens is 290 g/mol. The van der Waals surface area contributed by atoms with Gasteiger partial charge in [-0.3, -0.25) is 0 Å². The Morgan fingerprint density at radius 1 is 1.13 bits per heavy atom. The van der Waals surface area contributed by atoms with Gasteiger partial charge in [-0.15, -0.1) is 0 Å². The van der Waals surface area contributed by atoms with Crippen molar-refractivity contribution in [2.45, 2.75) is 39.2 Å². The van der Waals surface area contributed by atoms with E-state index >= 15 is 0 Å². The second-order valence-corrected chi connectivity index (χ2v) is 7.91. The Hall–Kier alpha value is -1.91. The zero-order chi connectivity index (χ0) is 16.7. The molecule has 2 fully saturated rings. The highest BCUT2D eigenvalue weighted by atomic mass is 16.6. The first-order valence-electron chi connectivity index (χ1n) is 8.35. The normalized spacial score (nSPS) is 20.3. The number of benzene rings is 1. The first-order chi connectivity index (χ1) is 10.8. The fourth-order valence-electron chi connectivity index (χ4n) is 3.44. The van der Waals surface area contributed by atoms with Crippen molar-refractivity contribution in [3.05, 3.63) is 24.3 Å². The second-order valence-electron chi connectivity index (χ2n) is 7.91. The van der Waals surface area contributed by atoms with Crippen LogP contribution in [0, 0.1) is 5.41 Å². The molecule has 2 aliphatic rings. The minimum atomic E-state index is -0.422. The molecule has 0 bridgehead atoms. The summed E-state index contributed by atoms with van der Waals surface area (Å²) in [4.78, 5) is 16.4. The lowest BCUT2D eigenvalue weighted by Gasteiger charge is -2.55. The maximum atomic E-state index is 12.1. The van der Waals surface area contributed by atoms with Crippen LogP contribution < -0.4 is 10.6 Å². The molecule has 1 aromatic carbocycles. The number of carbonyl (C=O) groups is 1. The predicted molar refractivity (Wildman–Crippen MR) is 92.5 cm³/mol. The maximum absolute atomic E-state index is 12.1. The molecule has 5 heteroatoms.